The molecule has 1 heterocycles. The molecule has 0 aliphatic heterocycles. The van der Waals surface area contributed by atoms with Crippen LogP contribution in [0.4, 0.5) is 0 Å². The Labute approximate surface area is 148 Å². The van der Waals surface area contributed by atoms with E-state index in [1.54, 1.807) is 47.6 Å². The molecule has 2 amide bonds. The molecule has 25 heavy (non-hydrogen) atoms. The number of carbonyl (C=O) groups excluding carboxylic acids is 2. The van der Waals surface area contributed by atoms with Crippen molar-refractivity contribution in [2.45, 2.75) is 4.90 Å². The minimum atomic E-state index is -0.547. The van der Waals surface area contributed by atoms with Crippen LogP contribution < -0.4 is 10.8 Å². The highest BCUT2D eigenvalue weighted by atomic mass is 32.2. The number of hydrogen-bond donors (Lipinski definition) is 3. The van der Waals surface area contributed by atoms with E-state index in [-0.39, 0.29) is 5.91 Å². The van der Waals surface area contributed by atoms with Crippen molar-refractivity contribution in [2.24, 2.45) is 0 Å². The number of furan rings is 1. The fraction of sp³-hybridized carbons (Fsp3) is 0.111. The highest BCUT2D eigenvalue weighted by Crippen LogP contribution is 2.19. The Hall–Kier alpha value is -2.77. The SMILES string of the molecule is O=C(NO)c1ccc(SCCNC(=O)c2cc3ccccc3o2)cc1. The molecule has 0 aliphatic carbocycles. The summed E-state index contributed by atoms with van der Waals surface area (Å²) < 4.78 is 5.51. The minimum Gasteiger partial charge on any atom is -0.451 e. The first-order chi connectivity index (χ1) is 12.2. The number of thioether (sulfide) groups is 1. The molecule has 0 bridgehead atoms. The number of benzene rings is 2. The van der Waals surface area contributed by atoms with Gasteiger partial charge in [-0.25, -0.2) is 5.48 Å². The highest BCUT2D eigenvalue weighted by molar-refractivity contribution is 7.99. The lowest BCUT2D eigenvalue weighted by atomic mass is 10.2. The number of hydrogen-bond acceptors (Lipinski definition) is 5. The molecule has 0 aliphatic rings. The van der Waals surface area contributed by atoms with Crippen LogP contribution in [0.5, 0.6) is 0 Å². The summed E-state index contributed by atoms with van der Waals surface area (Å²) >= 11 is 1.55. The summed E-state index contributed by atoms with van der Waals surface area (Å²) in [4.78, 5) is 24.3. The van der Waals surface area contributed by atoms with Gasteiger partial charge in [0.05, 0.1) is 0 Å². The minimum absolute atomic E-state index is 0.244. The van der Waals surface area contributed by atoms with Crippen molar-refractivity contribution in [1.82, 2.24) is 10.8 Å². The van der Waals surface area contributed by atoms with E-state index in [2.05, 4.69) is 5.32 Å². The second-order valence-electron chi connectivity index (χ2n) is 5.22. The normalized spacial score (nSPS) is 10.6. The van der Waals surface area contributed by atoms with E-state index in [1.165, 1.54) is 0 Å². The van der Waals surface area contributed by atoms with Gasteiger partial charge < -0.3 is 9.73 Å². The quantitative estimate of drug-likeness (QED) is 0.273. The first kappa shape index (κ1) is 17.1. The average Bonchev–Trinajstić information content (AvgIpc) is 3.09. The topological polar surface area (TPSA) is 91.6 Å². The largest absolute Gasteiger partial charge is 0.451 e. The molecule has 0 unspecified atom stereocenters. The zero-order valence-electron chi connectivity index (χ0n) is 13.2. The van der Waals surface area contributed by atoms with E-state index in [4.69, 9.17) is 9.62 Å². The molecular formula is C18H16N2O4S. The fourth-order valence-electron chi connectivity index (χ4n) is 2.28. The van der Waals surface area contributed by atoms with Gasteiger partial charge in [-0.05, 0) is 36.4 Å². The van der Waals surface area contributed by atoms with Crippen LogP contribution in [0, 0.1) is 0 Å². The van der Waals surface area contributed by atoms with E-state index < -0.39 is 5.91 Å². The molecule has 3 N–H and O–H groups in total. The Bertz CT molecular complexity index is 856. The summed E-state index contributed by atoms with van der Waals surface area (Å²) in [6, 6.07) is 16.0. The van der Waals surface area contributed by atoms with Gasteiger partial charge in [-0.15, -0.1) is 11.8 Å². The van der Waals surface area contributed by atoms with Crippen molar-refractivity contribution in [3.8, 4) is 0 Å². The lowest BCUT2D eigenvalue weighted by Crippen LogP contribution is -2.25. The van der Waals surface area contributed by atoms with E-state index in [1.807, 2.05) is 24.3 Å². The smallest absolute Gasteiger partial charge is 0.287 e. The number of fused-ring (bicyclic) bond motifs is 1. The maximum atomic E-state index is 12.1. The van der Waals surface area contributed by atoms with Crippen LogP contribution in [0.25, 0.3) is 11.0 Å². The molecule has 3 rings (SSSR count). The van der Waals surface area contributed by atoms with Gasteiger partial charge in [0.2, 0.25) is 0 Å². The molecule has 0 fully saturated rings. The highest BCUT2D eigenvalue weighted by Gasteiger charge is 2.11. The van der Waals surface area contributed by atoms with Crippen LogP contribution in [0.2, 0.25) is 0 Å². The maximum Gasteiger partial charge on any atom is 0.287 e. The first-order valence-electron chi connectivity index (χ1n) is 7.61. The van der Waals surface area contributed by atoms with Crippen LogP contribution in [-0.4, -0.2) is 29.3 Å². The van der Waals surface area contributed by atoms with Crippen LogP contribution in [-0.2, 0) is 0 Å². The predicted octanol–water partition coefficient (Wildman–Crippen LogP) is 3.07. The third-order valence-corrected chi connectivity index (χ3v) is 4.54. The van der Waals surface area contributed by atoms with Gasteiger partial charge in [-0.3, -0.25) is 14.8 Å². The number of para-hydroxylation sites is 1. The zero-order valence-corrected chi connectivity index (χ0v) is 14.0. The molecule has 0 spiro atoms. The molecule has 2 aromatic carbocycles. The van der Waals surface area contributed by atoms with Crippen LogP contribution in [0.1, 0.15) is 20.9 Å². The third kappa shape index (κ3) is 4.20. The van der Waals surface area contributed by atoms with Crippen molar-refractivity contribution in [1.29, 1.82) is 0 Å². The van der Waals surface area contributed by atoms with E-state index in [9.17, 15) is 9.59 Å². The van der Waals surface area contributed by atoms with Crippen molar-refractivity contribution in [2.75, 3.05) is 12.3 Å². The fourth-order valence-corrected chi connectivity index (χ4v) is 3.05. The molecule has 3 aromatic rings. The monoisotopic (exact) mass is 356 g/mol. The standard InChI is InChI=1S/C18H16N2O4S/c21-17(20-23)12-5-7-14(8-6-12)25-10-9-19-18(22)16-11-13-3-1-2-4-15(13)24-16/h1-8,11,23H,9-10H2,(H,19,22)(H,20,21). The van der Waals surface area contributed by atoms with Crippen molar-refractivity contribution >= 4 is 34.5 Å². The molecule has 128 valence electrons. The molecule has 0 saturated carbocycles. The van der Waals surface area contributed by atoms with E-state index in [0.29, 0.717) is 29.2 Å². The zero-order chi connectivity index (χ0) is 17.6. The Kier molecular flexibility index (Phi) is 5.37. The summed E-state index contributed by atoms with van der Waals surface area (Å²) in [7, 11) is 0. The molecule has 0 saturated heterocycles. The number of rotatable bonds is 6. The Morgan fingerprint density at radius 1 is 1.04 bits per heavy atom. The van der Waals surface area contributed by atoms with Gasteiger partial charge in [-0.2, -0.15) is 0 Å². The summed E-state index contributed by atoms with van der Waals surface area (Å²) in [6.07, 6.45) is 0. The summed E-state index contributed by atoms with van der Waals surface area (Å²) in [5.41, 5.74) is 2.66. The molecule has 0 atom stereocenters. The van der Waals surface area contributed by atoms with Gasteiger partial charge in [0.1, 0.15) is 5.58 Å². The lowest BCUT2D eigenvalue weighted by molar-refractivity contribution is 0.0706. The van der Waals surface area contributed by atoms with Crippen LogP contribution >= 0.6 is 11.8 Å². The van der Waals surface area contributed by atoms with Crippen molar-refractivity contribution in [3.05, 3.63) is 65.9 Å². The first-order valence-corrected chi connectivity index (χ1v) is 8.60. The Balaban J connectivity index is 1.47. The summed E-state index contributed by atoms with van der Waals surface area (Å²) in [6.45, 7) is 0.486. The average molecular weight is 356 g/mol. The molecule has 6 nitrogen and oxygen atoms in total. The lowest BCUT2D eigenvalue weighted by Gasteiger charge is -2.04. The van der Waals surface area contributed by atoms with Crippen LogP contribution in [0.15, 0.2) is 63.9 Å². The molecular weight excluding hydrogens is 340 g/mol. The number of carbonyl (C=O) groups is 2. The Morgan fingerprint density at radius 2 is 1.80 bits per heavy atom. The second-order valence-corrected chi connectivity index (χ2v) is 6.39. The van der Waals surface area contributed by atoms with E-state index >= 15 is 0 Å². The van der Waals surface area contributed by atoms with Gasteiger partial charge in [0.15, 0.2) is 5.76 Å². The number of amides is 2. The van der Waals surface area contributed by atoms with Crippen molar-refractivity contribution in [3.63, 3.8) is 0 Å². The predicted molar refractivity (Wildman–Crippen MR) is 95.0 cm³/mol. The number of hydroxylamine groups is 1. The van der Waals surface area contributed by atoms with Gasteiger partial charge in [-0.1, -0.05) is 18.2 Å². The van der Waals surface area contributed by atoms with Crippen LogP contribution in [0.3, 0.4) is 0 Å². The second kappa shape index (κ2) is 7.87. The molecule has 7 heteroatoms. The third-order valence-electron chi connectivity index (χ3n) is 3.52. The van der Waals surface area contributed by atoms with Gasteiger partial charge in [0, 0.05) is 28.1 Å². The molecule has 1 aromatic heterocycles. The van der Waals surface area contributed by atoms with Gasteiger partial charge in [0.25, 0.3) is 11.8 Å². The number of nitrogens with one attached hydrogen (secondary N) is 2. The Morgan fingerprint density at radius 3 is 2.52 bits per heavy atom. The maximum absolute atomic E-state index is 12.1. The van der Waals surface area contributed by atoms with Gasteiger partial charge >= 0.3 is 0 Å². The van der Waals surface area contributed by atoms with E-state index in [0.717, 1.165) is 10.3 Å². The summed E-state index contributed by atoms with van der Waals surface area (Å²) in [5.74, 6) is 0.185. The molecule has 0 radical (unpaired) electrons. The summed E-state index contributed by atoms with van der Waals surface area (Å²) in [5, 5.41) is 12.3. The van der Waals surface area contributed by atoms with Crippen molar-refractivity contribution < 1.29 is 19.2 Å².